The number of nitrogens with one attached hydrogen (secondary N) is 4. The standard InChI is InChI=1S/C41H49N9O9/c1-5-27-39(56)49(3)29-22-44-41(47-35(29)48(27)2)45-26-16-15-24(21-31(26)58-4)36(53)43-20-11-9-7-6-8-10-19-42-33(52)23-59-30-14-12-13-25-34(30)40(57)50(38(25)55)28-17-18-32(51)46-37(28)54/h12-16,21-22,27-28H,5-11,17-20,23H2,1-4H3,(H,42,52)(H,43,53)(H,44,45,47)(H,46,51,54)/t27-,28?/m1/s1. The molecule has 312 valence electrons. The topological polar surface area (TPSA) is 222 Å². The molecule has 59 heavy (non-hydrogen) atoms. The largest absolute Gasteiger partial charge is 0.495 e. The van der Waals surface area contributed by atoms with E-state index in [1.807, 2.05) is 18.9 Å². The number of hydrogen-bond acceptors (Lipinski definition) is 13. The maximum atomic E-state index is 13.2. The number of rotatable bonds is 18. The van der Waals surface area contributed by atoms with Gasteiger partial charge >= 0.3 is 0 Å². The van der Waals surface area contributed by atoms with E-state index in [1.54, 1.807) is 36.3 Å². The Hall–Kier alpha value is -6.59. The van der Waals surface area contributed by atoms with Crippen molar-refractivity contribution in [1.82, 2.24) is 30.8 Å². The zero-order chi connectivity index (χ0) is 42.2. The van der Waals surface area contributed by atoms with Gasteiger partial charge < -0.3 is 35.2 Å². The Kier molecular flexibility index (Phi) is 13.4. The summed E-state index contributed by atoms with van der Waals surface area (Å²) in [5, 5.41) is 11.1. The number of anilines is 4. The van der Waals surface area contributed by atoms with Gasteiger partial charge in [0.15, 0.2) is 12.4 Å². The highest BCUT2D eigenvalue weighted by Crippen LogP contribution is 2.36. The average Bonchev–Trinajstić information content (AvgIpc) is 3.48. The van der Waals surface area contributed by atoms with E-state index in [1.165, 1.54) is 25.3 Å². The third kappa shape index (κ3) is 9.26. The molecule has 0 bridgehead atoms. The molecule has 4 heterocycles. The van der Waals surface area contributed by atoms with Gasteiger partial charge in [0.2, 0.25) is 23.7 Å². The van der Waals surface area contributed by atoms with Crippen molar-refractivity contribution < 1.29 is 43.0 Å². The molecule has 6 rings (SSSR count). The minimum absolute atomic E-state index is 0.00966. The van der Waals surface area contributed by atoms with Crippen LogP contribution in [0.3, 0.4) is 0 Å². The summed E-state index contributed by atoms with van der Waals surface area (Å²) in [6, 6.07) is 8.16. The van der Waals surface area contributed by atoms with Crippen LogP contribution < -0.4 is 40.5 Å². The number of amides is 7. The number of imide groups is 2. The van der Waals surface area contributed by atoms with E-state index in [4.69, 9.17) is 9.47 Å². The van der Waals surface area contributed by atoms with Gasteiger partial charge in [-0.1, -0.05) is 38.7 Å². The quantitative estimate of drug-likeness (QED) is 0.107. The molecule has 0 saturated carbocycles. The predicted molar refractivity (Wildman–Crippen MR) is 216 cm³/mol. The average molecular weight is 812 g/mol. The number of carbonyl (C=O) groups is 7. The SMILES string of the molecule is CC[C@@H]1C(=O)N(C)c2cnc(Nc3ccc(C(=O)NCCCCCCCCNC(=O)COc4cccc5c4C(=O)N(C4CCC(=O)NC4=O)C5=O)cc3OC)nc2N1C. The predicted octanol–water partition coefficient (Wildman–Crippen LogP) is 3.09. The van der Waals surface area contributed by atoms with Gasteiger partial charge in [-0.05, 0) is 56.0 Å². The van der Waals surface area contributed by atoms with Crippen LogP contribution in [0.15, 0.2) is 42.6 Å². The number of fused-ring (bicyclic) bond motifs is 2. The Balaban J connectivity index is 0.856. The molecule has 0 radical (unpaired) electrons. The van der Waals surface area contributed by atoms with Crippen molar-refractivity contribution in [3.63, 3.8) is 0 Å². The molecule has 1 fully saturated rings. The highest BCUT2D eigenvalue weighted by molar-refractivity contribution is 6.24. The first kappa shape index (κ1) is 42.0. The van der Waals surface area contributed by atoms with Crippen molar-refractivity contribution in [1.29, 1.82) is 0 Å². The summed E-state index contributed by atoms with van der Waals surface area (Å²) in [4.78, 5) is 102. The van der Waals surface area contributed by atoms with Gasteiger partial charge in [-0.25, -0.2) is 4.98 Å². The minimum atomic E-state index is -1.10. The Bertz CT molecular complexity index is 2140. The Morgan fingerprint density at radius 1 is 0.915 bits per heavy atom. The monoisotopic (exact) mass is 811 g/mol. The van der Waals surface area contributed by atoms with Gasteiger partial charge in [-0.3, -0.25) is 43.8 Å². The van der Waals surface area contributed by atoms with Crippen LogP contribution in [-0.2, 0) is 19.2 Å². The van der Waals surface area contributed by atoms with E-state index in [0.29, 0.717) is 54.0 Å². The molecule has 4 N–H and O–H groups in total. The Morgan fingerprint density at radius 3 is 2.36 bits per heavy atom. The molecular formula is C41H49N9O9. The third-order valence-electron chi connectivity index (χ3n) is 10.6. The molecule has 2 atom stereocenters. The van der Waals surface area contributed by atoms with Gasteiger partial charge in [-0.2, -0.15) is 4.98 Å². The van der Waals surface area contributed by atoms with Gasteiger partial charge in [0.1, 0.15) is 29.3 Å². The van der Waals surface area contributed by atoms with Crippen LogP contribution in [0.25, 0.3) is 0 Å². The number of nitrogens with zero attached hydrogens (tertiary/aromatic N) is 5. The zero-order valence-corrected chi connectivity index (χ0v) is 33.6. The lowest BCUT2D eigenvalue weighted by Gasteiger charge is -2.37. The van der Waals surface area contributed by atoms with Crippen LogP contribution in [0.1, 0.15) is 95.8 Å². The maximum absolute atomic E-state index is 13.2. The molecular weight excluding hydrogens is 763 g/mol. The Morgan fingerprint density at radius 2 is 1.64 bits per heavy atom. The molecule has 2 aromatic carbocycles. The molecule has 3 aliphatic rings. The summed E-state index contributed by atoms with van der Waals surface area (Å²) >= 11 is 0. The van der Waals surface area contributed by atoms with Gasteiger partial charge in [-0.15, -0.1) is 0 Å². The van der Waals surface area contributed by atoms with Crippen LogP contribution >= 0.6 is 0 Å². The lowest BCUT2D eigenvalue weighted by Crippen LogP contribution is -2.54. The van der Waals surface area contributed by atoms with E-state index in [-0.39, 0.29) is 60.1 Å². The number of piperidine rings is 1. The first-order valence-corrected chi connectivity index (χ1v) is 19.8. The Labute approximate surface area is 341 Å². The normalized spacial score (nSPS) is 17.4. The summed E-state index contributed by atoms with van der Waals surface area (Å²) in [5.41, 5.74) is 1.72. The number of benzene rings is 2. The number of likely N-dealkylation sites (N-methyl/N-ethyl adjacent to an activating group) is 2. The smallest absolute Gasteiger partial charge is 0.266 e. The van der Waals surface area contributed by atoms with Crippen molar-refractivity contribution >= 4 is 64.5 Å². The first-order chi connectivity index (χ1) is 28.4. The van der Waals surface area contributed by atoms with Gasteiger partial charge in [0, 0.05) is 39.2 Å². The fraction of sp³-hybridized carbons (Fsp3) is 0.439. The van der Waals surface area contributed by atoms with Crippen molar-refractivity contribution in [3.05, 3.63) is 59.3 Å². The number of carbonyl (C=O) groups excluding carboxylic acids is 7. The molecule has 18 heteroatoms. The third-order valence-corrected chi connectivity index (χ3v) is 10.6. The summed E-state index contributed by atoms with van der Waals surface area (Å²) in [6.07, 6.45) is 7.62. The number of unbranched alkanes of at least 4 members (excludes halogenated alkanes) is 5. The zero-order valence-electron chi connectivity index (χ0n) is 33.6. The van der Waals surface area contributed by atoms with E-state index in [9.17, 15) is 33.6 Å². The number of aromatic nitrogens is 2. The highest BCUT2D eigenvalue weighted by atomic mass is 16.5. The summed E-state index contributed by atoms with van der Waals surface area (Å²) < 4.78 is 11.2. The second-order valence-electron chi connectivity index (χ2n) is 14.5. The van der Waals surface area contributed by atoms with Crippen LogP contribution in [-0.4, -0.2) is 109 Å². The second-order valence-corrected chi connectivity index (χ2v) is 14.5. The fourth-order valence-corrected chi connectivity index (χ4v) is 7.37. The van der Waals surface area contributed by atoms with E-state index < -0.39 is 29.7 Å². The number of ether oxygens (including phenoxy) is 2. The van der Waals surface area contributed by atoms with Crippen molar-refractivity contribution in [2.45, 2.75) is 76.8 Å². The number of methoxy groups -OCH3 is 1. The van der Waals surface area contributed by atoms with E-state index >= 15 is 0 Å². The minimum Gasteiger partial charge on any atom is -0.495 e. The molecule has 3 aliphatic heterocycles. The van der Waals surface area contributed by atoms with Crippen LogP contribution in [0.2, 0.25) is 0 Å². The lowest BCUT2D eigenvalue weighted by atomic mass is 10.0. The highest BCUT2D eigenvalue weighted by Gasteiger charge is 2.46. The molecule has 3 aromatic rings. The molecule has 0 spiro atoms. The van der Waals surface area contributed by atoms with Crippen LogP contribution in [0, 0.1) is 0 Å². The number of hydrogen-bond donors (Lipinski definition) is 4. The molecule has 1 unspecified atom stereocenters. The van der Waals surface area contributed by atoms with Crippen molar-refractivity contribution in [2.75, 3.05) is 56.0 Å². The molecule has 7 amide bonds. The lowest BCUT2D eigenvalue weighted by molar-refractivity contribution is -0.136. The van der Waals surface area contributed by atoms with E-state index in [2.05, 4.69) is 31.2 Å². The summed E-state index contributed by atoms with van der Waals surface area (Å²) in [6.45, 7) is 2.56. The first-order valence-electron chi connectivity index (χ1n) is 19.8. The van der Waals surface area contributed by atoms with Gasteiger partial charge in [0.05, 0.1) is 30.1 Å². The van der Waals surface area contributed by atoms with Crippen molar-refractivity contribution in [3.8, 4) is 11.5 Å². The summed E-state index contributed by atoms with van der Waals surface area (Å²) in [7, 11) is 5.08. The summed E-state index contributed by atoms with van der Waals surface area (Å²) in [5.74, 6) is -1.64. The molecule has 1 aromatic heterocycles. The van der Waals surface area contributed by atoms with E-state index in [0.717, 1.165) is 43.4 Å². The van der Waals surface area contributed by atoms with Crippen LogP contribution in [0.5, 0.6) is 11.5 Å². The molecule has 1 saturated heterocycles. The molecule has 0 aliphatic carbocycles. The van der Waals surface area contributed by atoms with Crippen LogP contribution in [0.4, 0.5) is 23.1 Å². The molecule has 18 nitrogen and oxygen atoms in total. The maximum Gasteiger partial charge on any atom is 0.266 e. The van der Waals surface area contributed by atoms with Crippen molar-refractivity contribution in [2.24, 2.45) is 0 Å². The second kappa shape index (κ2) is 18.8. The fourth-order valence-electron chi connectivity index (χ4n) is 7.37. The van der Waals surface area contributed by atoms with Gasteiger partial charge in [0.25, 0.3) is 23.6 Å².